The summed E-state index contributed by atoms with van der Waals surface area (Å²) in [5, 5.41) is 20.1. The first-order valence-corrected chi connectivity index (χ1v) is 10.4. The third-order valence-corrected chi connectivity index (χ3v) is 4.77. The van der Waals surface area contributed by atoms with E-state index in [1.54, 1.807) is 60.7 Å². The van der Waals surface area contributed by atoms with E-state index in [0.29, 0.717) is 27.3 Å². The average molecular weight is 513 g/mol. The topological polar surface area (TPSA) is 130 Å². The van der Waals surface area contributed by atoms with E-state index in [4.69, 9.17) is 21.7 Å². The van der Waals surface area contributed by atoms with E-state index in [0.717, 1.165) is 5.34 Å². The number of ketones is 2. The Bertz CT molecular complexity index is 1270. The van der Waals surface area contributed by atoms with E-state index in [1.165, 1.54) is 24.3 Å². The van der Waals surface area contributed by atoms with Gasteiger partial charge in [0.25, 0.3) is 5.69 Å². The van der Waals surface area contributed by atoms with E-state index >= 15 is 0 Å². The third kappa shape index (κ3) is 9.52. The Hall–Kier alpha value is -3.69. The van der Waals surface area contributed by atoms with E-state index in [9.17, 15) is 19.7 Å². The van der Waals surface area contributed by atoms with Crippen LogP contribution in [-0.2, 0) is 0 Å². The molecule has 10 heteroatoms. The van der Waals surface area contributed by atoms with Gasteiger partial charge in [-0.15, -0.1) is 5.34 Å². The fourth-order valence-corrected chi connectivity index (χ4v) is 2.97. The summed E-state index contributed by atoms with van der Waals surface area (Å²) in [6.07, 6.45) is 0. The molecule has 4 rings (SSSR count). The molecule has 0 spiro atoms. The maximum absolute atomic E-state index is 12.0. The number of nitrogens with zero attached hydrogens (tertiary/aromatic N) is 2. The molecule has 0 saturated heterocycles. The zero-order chi connectivity index (χ0) is 25.6. The van der Waals surface area contributed by atoms with E-state index in [1.807, 2.05) is 24.3 Å². The van der Waals surface area contributed by atoms with Crippen LogP contribution >= 0.6 is 11.6 Å². The van der Waals surface area contributed by atoms with Crippen LogP contribution < -0.4 is 29.6 Å². The molecule has 4 aromatic rings. The molecule has 0 aromatic heterocycles. The number of hydrogen-bond donors (Lipinski definition) is 0. The number of carbonyl (C=O) groups is 2. The van der Waals surface area contributed by atoms with E-state index < -0.39 is 4.92 Å². The summed E-state index contributed by atoms with van der Waals surface area (Å²) < 4.78 is 0. The molecule has 0 atom stereocenters. The van der Waals surface area contributed by atoms with Crippen molar-refractivity contribution in [1.82, 2.24) is 0 Å². The van der Waals surface area contributed by atoms with E-state index in [-0.39, 0.29) is 46.8 Å². The molecule has 0 bridgehead atoms. The Labute approximate surface area is 233 Å². The van der Waals surface area contributed by atoms with Crippen molar-refractivity contribution in [3.8, 4) is 0 Å². The van der Waals surface area contributed by atoms with Crippen LogP contribution in [0.2, 0.25) is 5.02 Å². The molecule has 0 radical (unpaired) electrons. The molecule has 36 heavy (non-hydrogen) atoms. The molecule has 8 nitrogen and oxygen atoms in total. The molecular weight excluding hydrogens is 495 g/mol. The predicted molar refractivity (Wildman–Crippen MR) is 133 cm³/mol. The molecular formula is C26H18ClN2NaO6. The Morgan fingerprint density at radius 3 is 1.28 bits per heavy atom. The first kappa shape index (κ1) is 30.3. The summed E-state index contributed by atoms with van der Waals surface area (Å²) in [6.45, 7) is 0. The van der Waals surface area contributed by atoms with Crippen LogP contribution in [-0.4, -0.2) is 16.5 Å². The second kappa shape index (κ2) is 16.1. The van der Waals surface area contributed by atoms with Crippen molar-refractivity contribution >= 4 is 28.9 Å². The number of benzene rings is 4. The summed E-state index contributed by atoms with van der Waals surface area (Å²) in [4.78, 5) is 41.9. The van der Waals surface area contributed by atoms with Crippen LogP contribution in [0.15, 0.2) is 115 Å². The van der Waals surface area contributed by atoms with Crippen molar-refractivity contribution < 1.29 is 44.1 Å². The van der Waals surface area contributed by atoms with Gasteiger partial charge in [-0.3, -0.25) is 19.7 Å². The molecule has 0 N–H and O–H groups in total. The Morgan fingerprint density at radius 1 is 0.639 bits per heavy atom. The van der Waals surface area contributed by atoms with Crippen molar-refractivity contribution in [3.63, 3.8) is 0 Å². The van der Waals surface area contributed by atoms with Gasteiger partial charge >= 0.3 is 29.6 Å². The largest absolute Gasteiger partial charge is 1.00 e. The number of non-ortho nitro benzene ring substituents is 1. The first-order chi connectivity index (χ1) is 16.9. The second-order valence-corrected chi connectivity index (χ2v) is 7.21. The molecule has 0 amide bonds. The summed E-state index contributed by atoms with van der Waals surface area (Å²) in [5.74, 6) is -0.118. The minimum absolute atomic E-state index is 0. The second-order valence-electron chi connectivity index (χ2n) is 6.78. The van der Waals surface area contributed by atoms with Crippen LogP contribution in [0.4, 0.5) is 5.69 Å². The normalized spacial score (nSPS) is 9.14. The summed E-state index contributed by atoms with van der Waals surface area (Å²) in [6, 6.07) is 30.5. The minimum Gasteiger partial charge on any atom is -0.444 e. The molecule has 0 aliphatic heterocycles. The van der Waals surface area contributed by atoms with Gasteiger partial charge in [-0.25, -0.2) is 0 Å². The van der Waals surface area contributed by atoms with Gasteiger partial charge in [-0.1, -0.05) is 72.3 Å². The van der Waals surface area contributed by atoms with Gasteiger partial charge < -0.3 is 10.1 Å². The monoisotopic (exact) mass is 512 g/mol. The molecule has 0 aliphatic rings. The summed E-state index contributed by atoms with van der Waals surface area (Å²) in [7, 11) is 0. The van der Waals surface area contributed by atoms with Crippen molar-refractivity contribution in [1.29, 1.82) is 0 Å². The van der Waals surface area contributed by atoms with Crippen LogP contribution in [0, 0.1) is 20.2 Å². The zero-order valence-corrected chi connectivity index (χ0v) is 21.9. The molecule has 0 saturated carbocycles. The number of hydrogen-bond acceptors (Lipinski definition) is 7. The molecule has 0 heterocycles. The van der Waals surface area contributed by atoms with Crippen molar-refractivity contribution in [2.45, 2.75) is 0 Å². The van der Waals surface area contributed by atoms with Gasteiger partial charge in [0, 0.05) is 39.4 Å². The first-order valence-electron chi connectivity index (χ1n) is 10.0. The zero-order valence-electron chi connectivity index (χ0n) is 19.1. The fourth-order valence-electron chi connectivity index (χ4n) is 2.85. The number of nitro benzene ring substituents is 1. The molecule has 0 unspecified atom stereocenters. The van der Waals surface area contributed by atoms with Gasteiger partial charge in [0.2, 0.25) is 0 Å². The van der Waals surface area contributed by atoms with Crippen LogP contribution in [0.1, 0.15) is 31.8 Å². The Kier molecular flexibility index (Phi) is 13.5. The number of rotatable bonds is 5. The molecule has 176 valence electrons. The maximum Gasteiger partial charge on any atom is 1.00 e. The molecule has 0 fully saturated rings. The minimum atomic E-state index is -0.489. The smallest absolute Gasteiger partial charge is 0.444 e. The van der Waals surface area contributed by atoms with Crippen LogP contribution in [0.3, 0.4) is 0 Å². The fraction of sp³-hybridized carbons (Fsp3) is 0. The van der Waals surface area contributed by atoms with E-state index in [2.05, 4.69) is 0 Å². The summed E-state index contributed by atoms with van der Waals surface area (Å²) in [5.41, 5.74) is 2.35. The molecule has 0 aliphatic carbocycles. The standard InChI is InChI=1S/C13H9ClO.C13H9NO3.HNO2.Na/c14-12-8-6-11(7-9-12)13(15)10-4-2-1-3-5-10;15-13(10-4-2-1-3-5-10)11-6-8-12(9-7-11)14(16)17;2-1-3;/h1-9H;1-9H;(H,2,3);/q;;;+1/p-1. The number of nitro groups is 1. The van der Waals surface area contributed by atoms with Gasteiger partial charge in [-0.2, -0.15) is 0 Å². The average Bonchev–Trinajstić information content (AvgIpc) is 2.90. The van der Waals surface area contributed by atoms with Crippen molar-refractivity contribution in [2.75, 3.05) is 0 Å². The number of carbonyl (C=O) groups excluding carboxylic acids is 2. The van der Waals surface area contributed by atoms with Gasteiger partial charge in [-0.05, 0) is 36.4 Å². The SMILES string of the molecule is O=C(c1ccccc1)c1ccc(Cl)cc1.O=C(c1ccccc1)c1ccc([N+](=O)[O-])cc1.O=N[O-].[Na+]. The Morgan fingerprint density at radius 2 is 0.944 bits per heavy atom. The van der Waals surface area contributed by atoms with Crippen LogP contribution in [0.25, 0.3) is 0 Å². The number of halogens is 1. The summed E-state index contributed by atoms with van der Waals surface area (Å²) >= 11 is 5.75. The molecule has 4 aromatic carbocycles. The van der Waals surface area contributed by atoms with Crippen LogP contribution in [0.5, 0.6) is 0 Å². The van der Waals surface area contributed by atoms with Gasteiger partial charge in [0.1, 0.15) is 0 Å². The third-order valence-electron chi connectivity index (χ3n) is 4.52. The quantitative estimate of drug-likeness (QED) is 0.132. The van der Waals surface area contributed by atoms with Crippen molar-refractivity contribution in [3.05, 3.63) is 157 Å². The van der Waals surface area contributed by atoms with Gasteiger partial charge in [0.15, 0.2) is 11.6 Å². The van der Waals surface area contributed by atoms with Gasteiger partial charge in [0.05, 0.1) is 4.92 Å². The Balaban J connectivity index is 0.000000319. The maximum atomic E-state index is 12.0. The van der Waals surface area contributed by atoms with Crippen molar-refractivity contribution in [2.24, 2.45) is 5.34 Å². The predicted octanol–water partition coefficient (Wildman–Crippen LogP) is 3.65.